The molecule has 4 N–H and O–H groups in total. The maximum Gasteiger partial charge on any atom is 0.243 e. The Kier molecular flexibility index (Phi) is 4.20. The van der Waals surface area contributed by atoms with Crippen molar-refractivity contribution >= 4 is 27.0 Å². The molecule has 1 aromatic carbocycles. The number of para-hydroxylation sites is 1. The summed E-state index contributed by atoms with van der Waals surface area (Å²) in [5.41, 5.74) is 3.84. The molecule has 0 amide bonds. The number of thiophene rings is 1. The van der Waals surface area contributed by atoms with Crippen molar-refractivity contribution < 1.29 is 8.42 Å². The lowest BCUT2D eigenvalue weighted by Crippen LogP contribution is -2.24. The van der Waals surface area contributed by atoms with Crippen LogP contribution in [0.5, 0.6) is 0 Å². The van der Waals surface area contributed by atoms with E-state index in [9.17, 15) is 8.42 Å². The topological polar surface area (TPSA) is 84.2 Å². The van der Waals surface area contributed by atoms with Gasteiger partial charge in [-0.2, -0.15) is 0 Å². The van der Waals surface area contributed by atoms with Gasteiger partial charge in [-0.3, -0.25) is 5.84 Å². The van der Waals surface area contributed by atoms with E-state index in [1.165, 1.54) is 17.4 Å². The highest BCUT2D eigenvalue weighted by Crippen LogP contribution is 2.21. The molecule has 0 atom stereocenters. The van der Waals surface area contributed by atoms with Crippen LogP contribution in [0.4, 0.5) is 5.69 Å². The number of rotatable bonds is 5. The van der Waals surface area contributed by atoms with Gasteiger partial charge in [0.05, 0.1) is 5.69 Å². The number of hydrazine groups is 1. The summed E-state index contributed by atoms with van der Waals surface area (Å²) in [6.45, 7) is 2.24. The van der Waals surface area contributed by atoms with E-state index in [1.807, 2.05) is 18.4 Å². The van der Waals surface area contributed by atoms with Crippen molar-refractivity contribution in [2.45, 2.75) is 18.4 Å². The van der Waals surface area contributed by atoms with E-state index in [2.05, 4.69) is 10.1 Å². The summed E-state index contributed by atoms with van der Waals surface area (Å²) in [7, 11) is -3.58. The highest BCUT2D eigenvalue weighted by Gasteiger charge is 2.17. The van der Waals surface area contributed by atoms with Crippen molar-refractivity contribution in [3.8, 4) is 0 Å². The van der Waals surface area contributed by atoms with Crippen LogP contribution < -0.4 is 16.0 Å². The quantitative estimate of drug-likeness (QED) is 0.580. The van der Waals surface area contributed by atoms with Crippen LogP contribution in [0.15, 0.2) is 40.6 Å². The Morgan fingerprint density at radius 3 is 2.63 bits per heavy atom. The molecule has 0 aliphatic rings. The molecule has 0 aliphatic carbocycles. The van der Waals surface area contributed by atoms with Gasteiger partial charge >= 0.3 is 0 Å². The zero-order valence-electron chi connectivity index (χ0n) is 10.4. The first kappa shape index (κ1) is 14.0. The Morgan fingerprint density at radius 1 is 1.26 bits per heavy atom. The molecule has 0 saturated carbocycles. The Morgan fingerprint density at radius 2 is 2.00 bits per heavy atom. The molecule has 2 aromatic rings. The molecule has 0 aliphatic heterocycles. The van der Waals surface area contributed by atoms with Gasteiger partial charge in [-0.15, -0.1) is 11.3 Å². The molecule has 1 heterocycles. The second-order valence-electron chi connectivity index (χ2n) is 3.99. The maximum absolute atomic E-state index is 12.2. The molecule has 2 rings (SSSR count). The molecule has 0 unspecified atom stereocenters. The van der Waals surface area contributed by atoms with Gasteiger partial charge in [0.25, 0.3) is 0 Å². The Balaban J connectivity index is 2.21. The summed E-state index contributed by atoms with van der Waals surface area (Å²) in [5, 5.41) is 1.94. The number of nitrogens with two attached hydrogens (primary N) is 1. The average molecular weight is 297 g/mol. The van der Waals surface area contributed by atoms with Crippen LogP contribution in [0.3, 0.4) is 0 Å². The molecule has 1 aromatic heterocycles. The lowest BCUT2D eigenvalue weighted by Gasteiger charge is -2.10. The number of nitrogen functional groups attached to an aromatic ring is 1. The first-order valence-electron chi connectivity index (χ1n) is 5.63. The van der Waals surface area contributed by atoms with Crippen LogP contribution in [-0.4, -0.2) is 8.42 Å². The van der Waals surface area contributed by atoms with E-state index in [4.69, 9.17) is 5.84 Å². The summed E-state index contributed by atoms with van der Waals surface area (Å²) in [6.07, 6.45) is 0. The maximum atomic E-state index is 12.2. The number of nitrogens with one attached hydrogen (secondary N) is 2. The minimum absolute atomic E-state index is 0.145. The predicted molar refractivity (Wildman–Crippen MR) is 77.3 cm³/mol. The number of hydrogen-bond donors (Lipinski definition) is 3. The largest absolute Gasteiger partial charge is 0.323 e. The van der Waals surface area contributed by atoms with Gasteiger partial charge in [-0.25, -0.2) is 13.1 Å². The minimum atomic E-state index is -3.58. The van der Waals surface area contributed by atoms with E-state index in [1.54, 1.807) is 18.2 Å². The SMILES string of the molecule is Cc1ccsc1CNS(=O)(=O)c1ccccc1NN. The highest BCUT2D eigenvalue weighted by molar-refractivity contribution is 7.89. The minimum Gasteiger partial charge on any atom is -0.323 e. The first-order valence-corrected chi connectivity index (χ1v) is 7.99. The molecule has 102 valence electrons. The molecular formula is C12H15N3O2S2. The van der Waals surface area contributed by atoms with Gasteiger partial charge in [0, 0.05) is 11.4 Å². The predicted octanol–water partition coefficient (Wildman–Crippen LogP) is 1.82. The normalized spacial score (nSPS) is 11.5. The van der Waals surface area contributed by atoms with Crippen molar-refractivity contribution in [3.63, 3.8) is 0 Å². The Bertz CT molecular complexity index is 665. The van der Waals surface area contributed by atoms with Crippen LogP contribution in [-0.2, 0) is 16.6 Å². The fourth-order valence-electron chi connectivity index (χ4n) is 1.64. The number of hydrogen-bond acceptors (Lipinski definition) is 5. The fourth-order valence-corrected chi connectivity index (χ4v) is 3.75. The molecule has 0 fully saturated rings. The number of aryl methyl sites for hydroxylation is 1. The summed E-state index contributed by atoms with van der Waals surface area (Å²) in [5.74, 6) is 5.32. The fraction of sp³-hybridized carbons (Fsp3) is 0.167. The van der Waals surface area contributed by atoms with Crippen molar-refractivity contribution in [2.24, 2.45) is 5.84 Å². The van der Waals surface area contributed by atoms with Crippen LogP contribution in [0, 0.1) is 6.92 Å². The van der Waals surface area contributed by atoms with E-state index in [-0.39, 0.29) is 11.4 Å². The molecule has 0 bridgehead atoms. The Labute approximate surface area is 116 Å². The summed E-state index contributed by atoms with van der Waals surface area (Å²) >= 11 is 1.53. The van der Waals surface area contributed by atoms with E-state index >= 15 is 0 Å². The van der Waals surface area contributed by atoms with E-state index < -0.39 is 10.0 Å². The van der Waals surface area contributed by atoms with Crippen LogP contribution in [0.25, 0.3) is 0 Å². The van der Waals surface area contributed by atoms with E-state index in [0.717, 1.165) is 10.4 Å². The van der Waals surface area contributed by atoms with Gasteiger partial charge < -0.3 is 5.43 Å². The molecule has 19 heavy (non-hydrogen) atoms. The molecule has 0 saturated heterocycles. The van der Waals surface area contributed by atoms with Gasteiger partial charge in [-0.05, 0) is 36.1 Å². The van der Waals surface area contributed by atoms with Gasteiger partial charge in [0.2, 0.25) is 10.0 Å². The van der Waals surface area contributed by atoms with Crippen LogP contribution >= 0.6 is 11.3 Å². The number of sulfonamides is 1. The number of benzene rings is 1. The monoisotopic (exact) mass is 297 g/mol. The zero-order chi connectivity index (χ0) is 13.9. The van der Waals surface area contributed by atoms with Crippen molar-refractivity contribution in [3.05, 3.63) is 46.2 Å². The van der Waals surface area contributed by atoms with Crippen molar-refractivity contribution in [2.75, 3.05) is 5.43 Å². The van der Waals surface area contributed by atoms with Crippen molar-refractivity contribution in [1.82, 2.24) is 4.72 Å². The third-order valence-electron chi connectivity index (χ3n) is 2.72. The first-order chi connectivity index (χ1) is 9.04. The summed E-state index contributed by atoms with van der Waals surface area (Å²) in [6, 6.07) is 8.47. The molecular weight excluding hydrogens is 282 g/mol. The third kappa shape index (κ3) is 3.13. The smallest absolute Gasteiger partial charge is 0.243 e. The zero-order valence-corrected chi connectivity index (χ0v) is 12.0. The Hall–Kier alpha value is -1.41. The third-order valence-corrected chi connectivity index (χ3v) is 5.21. The van der Waals surface area contributed by atoms with Crippen molar-refractivity contribution in [1.29, 1.82) is 0 Å². The second kappa shape index (κ2) is 5.70. The average Bonchev–Trinajstić information content (AvgIpc) is 2.82. The van der Waals surface area contributed by atoms with Gasteiger partial charge in [0.1, 0.15) is 4.90 Å². The highest BCUT2D eigenvalue weighted by atomic mass is 32.2. The molecule has 5 nitrogen and oxygen atoms in total. The molecule has 0 radical (unpaired) electrons. The van der Waals surface area contributed by atoms with E-state index in [0.29, 0.717) is 5.69 Å². The standard InChI is InChI=1S/C12H15N3O2S2/c1-9-6-7-18-11(9)8-14-19(16,17)12-5-3-2-4-10(12)15-13/h2-7,14-15H,8,13H2,1H3. The lowest BCUT2D eigenvalue weighted by atomic mass is 10.3. The number of anilines is 1. The second-order valence-corrected chi connectivity index (χ2v) is 6.73. The lowest BCUT2D eigenvalue weighted by molar-refractivity contribution is 0.582. The summed E-state index contributed by atoms with van der Waals surface area (Å²) in [4.78, 5) is 1.15. The molecule has 0 spiro atoms. The van der Waals surface area contributed by atoms with Crippen LogP contribution in [0.2, 0.25) is 0 Å². The van der Waals surface area contributed by atoms with Gasteiger partial charge in [0.15, 0.2) is 0 Å². The van der Waals surface area contributed by atoms with Gasteiger partial charge in [-0.1, -0.05) is 12.1 Å². The molecule has 7 heteroatoms. The van der Waals surface area contributed by atoms with Crippen LogP contribution in [0.1, 0.15) is 10.4 Å². The summed E-state index contributed by atoms with van der Waals surface area (Å²) < 4.78 is 27.0.